The molecule has 0 saturated carbocycles. The first-order valence-corrected chi connectivity index (χ1v) is 8.90. The number of aryl methyl sites for hydroxylation is 1. The van der Waals surface area contributed by atoms with Crippen LogP contribution in [0.4, 0.5) is 0 Å². The average Bonchev–Trinajstić information content (AvgIpc) is 2.80. The number of benzene rings is 1. The van der Waals surface area contributed by atoms with Crippen molar-refractivity contribution >= 4 is 17.7 Å². The summed E-state index contributed by atoms with van der Waals surface area (Å²) in [5, 5.41) is 2.52. The third-order valence-electron chi connectivity index (χ3n) is 4.96. The van der Waals surface area contributed by atoms with Crippen molar-refractivity contribution < 1.29 is 0 Å². The predicted molar refractivity (Wildman–Crippen MR) is 106 cm³/mol. The van der Waals surface area contributed by atoms with E-state index in [2.05, 4.69) is 68.7 Å². The fraction of sp³-hybridized carbons (Fsp3) is 0.292. The van der Waals surface area contributed by atoms with Crippen LogP contribution in [0.3, 0.4) is 0 Å². The number of hydrogen-bond donors (Lipinski definition) is 0. The topological polar surface area (TPSA) is 0 Å². The van der Waals surface area contributed by atoms with Crippen LogP contribution in [0.25, 0.3) is 17.7 Å². The minimum atomic E-state index is 0.703. The second-order valence-electron chi connectivity index (χ2n) is 6.93. The second kappa shape index (κ2) is 7.51. The third kappa shape index (κ3) is 3.96. The summed E-state index contributed by atoms with van der Waals surface area (Å²) in [4.78, 5) is 0. The molecule has 0 bridgehead atoms. The van der Waals surface area contributed by atoms with Gasteiger partial charge in [0.25, 0.3) is 0 Å². The smallest absolute Gasteiger partial charge is 0.0171 e. The maximum atomic E-state index is 4.37. The number of allylic oxidation sites excluding steroid dienone is 6. The molecule has 1 aromatic rings. The molecule has 0 amide bonds. The van der Waals surface area contributed by atoms with Crippen molar-refractivity contribution in [2.45, 2.75) is 39.5 Å². The summed E-state index contributed by atoms with van der Waals surface area (Å²) in [6, 6.07) is 4.55. The van der Waals surface area contributed by atoms with Gasteiger partial charge < -0.3 is 0 Å². The van der Waals surface area contributed by atoms with Crippen LogP contribution in [0.1, 0.15) is 43.7 Å². The van der Waals surface area contributed by atoms with E-state index in [-0.39, 0.29) is 0 Å². The Morgan fingerprint density at radius 1 is 1.17 bits per heavy atom. The maximum Gasteiger partial charge on any atom is -0.0171 e. The van der Waals surface area contributed by atoms with Gasteiger partial charge in [-0.2, -0.15) is 0 Å². The highest BCUT2D eigenvalue weighted by molar-refractivity contribution is 5.67. The van der Waals surface area contributed by atoms with Gasteiger partial charge in [-0.15, -0.1) is 5.73 Å². The van der Waals surface area contributed by atoms with E-state index in [1.807, 2.05) is 12.2 Å². The Morgan fingerprint density at radius 3 is 2.62 bits per heavy atom. The first kappa shape index (κ1) is 16.6. The van der Waals surface area contributed by atoms with E-state index in [1.165, 1.54) is 52.0 Å². The van der Waals surface area contributed by atoms with Gasteiger partial charge in [0, 0.05) is 0 Å². The largest absolute Gasteiger partial charge is 0.121 e. The van der Waals surface area contributed by atoms with E-state index in [9.17, 15) is 0 Å². The summed E-state index contributed by atoms with van der Waals surface area (Å²) in [6.07, 6.45) is 19.9. The van der Waals surface area contributed by atoms with Gasteiger partial charge >= 0.3 is 0 Å². The SMILES string of the molecule is C=C(CCCC1C=CC(C)=CC1)c1cc2c(cc1C)=CC=C=CC=2. The standard InChI is InChI=1S/C24H26/c1-18-12-14-21(15-13-18)9-7-8-19(2)24-17-23-11-6-4-5-10-22(23)16-20(24)3/h5-6,10-14,16-17,21H,2,7-9,15H2,1,3H3. The lowest BCUT2D eigenvalue weighted by molar-refractivity contribution is 0.568. The summed E-state index contributed by atoms with van der Waals surface area (Å²) in [5.74, 6) is 0.703. The lowest BCUT2D eigenvalue weighted by Gasteiger charge is -2.15. The third-order valence-corrected chi connectivity index (χ3v) is 4.96. The highest BCUT2D eigenvalue weighted by Gasteiger charge is 2.09. The zero-order valence-corrected chi connectivity index (χ0v) is 14.8. The van der Waals surface area contributed by atoms with Gasteiger partial charge in [0.2, 0.25) is 0 Å². The highest BCUT2D eigenvalue weighted by atomic mass is 14.1. The lowest BCUT2D eigenvalue weighted by Crippen LogP contribution is -2.25. The maximum absolute atomic E-state index is 4.37. The normalized spacial score (nSPS) is 18.2. The Hall–Kier alpha value is -2.30. The van der Waals surface area contributed by atoms with Crippen LogP contribution in [0.5, 0.6) is 0 Å². The first-order valence-electron chi connectivity index (χ1n) is 8.90. The molecule has 2 aliphatic carbocycles. The van der Waals surface area contributed by atoms with Crippen molar-refractivity contribution in [2.75, 3.05) is 0 Å². The average molecular weight is 314 g/mol. The molecular formula is C24H26. The highest BCUT2D eigenvalue weighted by Crippen LogP contribution is 2.25. The molecule has 2 aliphatic rings. The molecule has 0 radical (unpaired) electrons. The summed E-state index contributed by atoms with van der Waals surface area (Å²) in [6.45, 7) is 8.73. The Labute approximate surface area is 145 Å². The fourth-order valence-electron chi connectivity index (χ4n) is 3.45. The van der Waals surface area contributed by atoms with Crippen molar-refractivity contribution in [1.29, 1.82) is 0 Å². The van der Waals surface area contributed by atoms with Crippen molar-refractivity contribution in [3.05, 3.63) is 82.0 Å². The fourth-order valence-corrected chi connectivity index (χ4v) is 3.45. The van der Waals surface area contributed by atoms with Crippen LogP contribution in [-0.4, -0.2) is 0 Å². The molecule has 1 aromatic carbocycles. The molecule has 0 aromatic heterocycles. The molecular weight excluding hydrogens is 288 g/mol. The molecule has 0 fully saturated rings. The number of hydrogen-bond acceptors (Lipinski definition) is 0. The number of fused-ring (bicyclic) bond motifs is 1. The minimum absolute atomic E-state index is 0.703. The molecule has 0 nitrogen and oxygen atoms in total. The molecule has 0 heteroatoms. The van der Waals surface area contributed by atoms with E-state index >= 15 is 0 Å². The Morgan fingerprint density at radius 2 is 1.92 bits per heavy atom. The van der Waals surface area contributed by atoms with Crippen molar-refractivity contribution in [3.8, 4) is 0 Å². The molecule has 3 rings (SSSR count). The van der Waals surface area contributed by atoms with Crippen LogP contribution in [0.15, 0.2) is 60.4 Å². The van der Waals surface area contributed by atoms with Gasteiger partial charge in [0.1, 0.15) is 0 Å². The summed E-state index contributed by atoms with van der Waals surface area (Å²) in [5.41, 5.74) is 8.42. The minimum Gasteiger partial charge on any atom is -0.121 e. The van der Waals surface area contributed by atoms with E-state index in [0.717, 1.165) is 6.42 Å². The predicted octanol–water partition coefficient (Wildman–Crippen LogP) is 4.99. The van der Waals surface area contributed by atoms with Crippen molar-refractivity contribution in [3.63, 3.8) is 0 Å². The molecule has 24 heavy (non-hydrogen) atoms. The Bertz CT molecular complexity index is 881. The molecule has 1 atom stereocenters. The van der Waals surface area contributed by atoms with Crippen LogP contribution in [-0.2, 0) is 0 Å². The van der Waals surface area contributed by atoms with E-state index in [0.29, 0.717) is 5.92 Å². The first-order chi connectivity index (χ1) is 11.6. The monoisotopic (exact) mass is 314 g/mol. The van der Waals surface area contributed by atoms with Gasteiger partial charge in [-0.05, 0) is 103 Å². The Balaban J connectivity index is 1.66. The summed E-state index contributed by atoms with van der Waals surface area (Å²) >= 11 is 0. The molecule has 122 valence electrons. The van der Waals surface area contributed by atoms with Gasteiger partial charge in [-0.25, -0.2) is 0 Å². The second-order valence-corrected chi connectivity index (χ2v) is 6.93. The van der Waals surface area contributed by atoms with Gasteiger partial charge in [-0.3, -0.25) is 0 Å². The molecule has 0 spiro atoms. The van der Waals surface area contributed by atoms with Gasteiger partial charge in [0.05, 0.1) is 0 Å². The van der Waals surface area contributed by atoms with Crippen molar-refractivity contribution in [1.82, 2.24) is 0 Å². The summed E-state index contributed by atoms with van der Waals surface area (Å²) < 4.78 is 0. The van der Waals surface area contributed by atoms with Gasteiger partial charge in [-0.1, -0.05) is 36.4 Å². The van der Waals surface area contributed by atoms with Crippen LogP contribution in [0.2, 0.25) is 0 Å². The zero-order chi connectivity index (χ0) is 16.9. The van der Waals surface area contributed by atoms with Crippen LogP contribution >= 0.6 is 0 Å². The molecule has 1 unspecified atom stereocenters. The van der Waals surface area contributed by atoms with E-state index < -0.39 is 0 Å². The number of rotatable bonds is 5. The van der Waals surface area contributed by atoms with Crippen molar-refractivity contribution in [2.24, 2.45) is 5.92 Å². The summed E-state index contributed by atoms with van der Waals surface area (Å²) in [7, 11) is 0. The van der Waals surface area contributed by atoms with Crippen LogP contribution < -0.4 is 10.4 Å². The van der Waals surface area contributed by atoms with Crippen LogP contribution in [0, 0.1) is 12.8 Å². The Kier molecular flexibility index (Phi) is 5.18. The zero-order valence-electron chi connectivity index (χ0n) is 14.8. The van der Waals surface area contributed by atoms with Gasteiger partial charge in [0.15, 0.2) is 0 Å². The van der Waals surface area contributed by atoms with E-state index in [1.54, 1.807) is 0 Å². The quantitative estimate of drug-likeness (QED) is 0.672. The molecule has 0 aliphatic heterocycles. The molecule has 0 heterocycles. The molecule has 0 N–H and O–H groups in total. The lowest BCUT2D eigenvalue weighted by atomic mass is 9.90. The molecule has 0 saturated heterocycles. The van der Waals surface area contributed by atoms with E-state index in [4.69, 9.17) is 0 Å².